The third-order valence-corrected chi connectivity index (χ3v) is 2.42. The van der Waals surface area contributed by atoms with Crippen molar-refractivity contribution < 1.29 is 9.90 Å². The van der Waals surface area contributed by atoms with Gasteiger partial charge in [0.25, 0.3) is 0 Å². The Kier molecular flexibility index (Phi) is 2.43. The molecule has 4 N–H and O–H groups in total. The molecule has 2 rings (SSSR count). The summed E-state index contributed by atoms with van der Waals surface area (Å²) in [5.74, 6) is -0.882. The smallest absolute Gasteiger partial charge is 0.305 e. The Morgan fingerprint density at radius 1 is 1.47 bits per heavy atom. The molecule has 0 spiro atoms. The first-order valence-corrected chi connectivity index (χ1v) is 4.72. The van der Waals surface area contributed by atoms with Gasteiger partial charge in [0.15, 0.2) is 0 Å². The van der Waals surface area contributed by atoms with Gasteiger partial charge >= 0.3 is 5.97 Å². The van der Waals surface area contributed by atoms with E-state index in [4.69, 9.17) is 10.8 Å². The molecule has 15 heavy (non-hydrogen) atoms. The van der Waals surface area contributed by atoms with Crippen LogP contribution in [0.15, 0.2) is 30.5 Å². The summed E-state index contributed by atoms with van der Waals surface area (Å²) in [7, 11) is 0. The fourth-order valence-electron chi connectivity index (χ4n) is 1.70. The molecular weight excluding hydrogens is 192 g/mol. The molecule has 1 aromatic heterocycles. The topological polar surface area (TPSA) is 79.1 Å². The van der Waals surface area contributed by atoms with Crippen LogP contribution in [0.3, 0.4) is 0 Å². The highest BCUT2D eigenvalue weighted by Gasteiger charge is 2.14. The Morgan fingerprint density at radius 2 is 2.20 bits per heavy atom. The Labute approximate surface area is 86.7 Å². The molecule has 0 aliphatic carbocycles. The molecule has 0 amide bonds. The number of H-pyrrole nitrogens is 1. The van der Waals surface area contributed by atoms with Gasteiger partial charge in [0.2, 0.25) is 0 Å². The number of carboxylic acid groups (broad SMARTS) is 1. The summed E-state index contributed by atoms with van der Waals surface area (Å²) in [6.07, 6.45) is 1.72. The van der Waals surface area contributed by atoms with Crippen molar-refractivity contribution in [3.63, 3.8) is 0 Å². The predicted molar refractivity (Wildman–Crippen MR) is 57.5 cm³/mol. The number of carbonyl (C=O) groups is 1. The summed E-state index contributed by atoms with van der Waals surface area (Å²) in [4.78, 5) is 13.6. The molecule has 2 aromatic rings. The SMILES string of the molecule is NC(CC(=O)O)c1c[nH]c2ccccc12. The lowest BCUT2D eigenvalue weighted by Gasteiger charge is -2.06. The van der Waals surface area contributed by atoms with E-state index in [1.165, 1.54) is 0 Å². The normalized spacial score (nSPS) is 12.9. The van der Waals surface area contributed by atoms with Gasteiger partial charge < -0.3 is 15.8 Å². The van der Waals surface area contributed by atoms with E-state index in [0.717, 1.165) is 16.5 Å². The second-order valence-corrected chi connectivity index (χ2v) is 3.49. The van der Waals surface area contributed by atoms with Crippen LogP contribution >= 0.6 is 0 Å². The number of rotatable bonds is 3. The molecule has 0 fully saturated rings. The van der Waals surface area contributed by atoms with Gasteiger partial charge in [-0.2, -0.15) is 0 Å². The van der Waals surface area contributed by atoms with E-state index in [-0.39, 0.29) is 6.42 Å². The van der Waals surface area contributed by atoms with Gasteiger partial charge in [-0.15, -0.1) is 0 Å². The number of aliphatic carboxylic acids is 1. The highest BCUT2D eigenvalue weighted by molar-refractivity contribution is 5.84. The van der Waals surface area contributed by atoms with Crippen molar-refractivity contribution in [2.45, 2.75) is 12.5 Å². The summed E-state index contributed by atoms with van der Waals surface area (Å²) in [5, 5.41) is 9.66. The van der Waals surface area contributed by atoms with Gasteiger partial charge in [0.05, 0.1) is 6.42 Å². The second kappa shape index (κ2) is 3.74. The van der Waals surface area contributed by atoms with Crippen LogP contribution in [0.25, 0.3) is 10.9 Å². The first-order chi connectivity index (χ1) is 7.18. The Bertz CT molecular complexity index is 490. The number of para-hydroxylation sites is 1. The molecule has 1 unspecified atom stereocenters. The first kappa shape index (κ1) is 9.73. The van der Waals surface area contributed by atoms with Crippen molar-refractivity contribution in [1.29, 1.82) is 0 Å². The van der Waals surface area contributed by atoms with Crippen LogP contribution in [-0.4, -0.2) is 16.1 Å². The number of aromatic nitrogens is 1. The molecule has 78 valence electrons. The summed E-state index contributed by atoms with van der Waals surface area (Å²) in [6.45, 7) is 0. The van der Waals surface area contributed by atoms with E-state index >= 15 is 0 Å². The van der Waals surface area contributed by atoms with Gasteiger partial charge in [0, 0.05) is 23.1 Å². The van der Waals surface area contributed by atoms with Crippen LogP contribution in [0.5, 0.6) is 0 Å². The summed E-state index contributed by atoms with van der Waals surface area (Å²) < 4.78 is 0. The van der Waals surface area contributed by atoms with Crippen molar-refractivity contribution in [2.24, 2.45) is 5.73 Å². The largest absolute Gasteiger partial charge is 0.481 e. The van der Waals surface area contributed by atoms with E-state index in [1.54, 1.807) is 6.20 Å². The highest BCUT2D eigenvalue weighted by atomic mass is 16.4. The van der Waals surface area contributed by atoms with Crippen LogP contribution in [0.4, 0.5) is 0 Å². The lowest BCUT2D eigenvalue weighted by molar-refractivity contribution is -0.137. The Hall–Kier alpha value is -1.81. The third-order valence-electron chi connectivity index (χ3n) is 2.42. The van der Waals surface area contributed by atoms with E-state index < -0.39 is 12.0 Å². The highest BCUT2D eigenvalue weighted by Crippen LogP contribution is 2.24. The number of nitrogens with two attached hydrogens (primary N) is 1. The molecular formula is C11H12N2O2. The van der Waals surface area contributed by atoms with E-state index in [1.807, 2.05) is 24.3 Å². The maximum Gasteiger partial charge on any atom is 0.305 e. The number of fused-ring (bicyclic) bond motifs is 1. The minimum atomic E-state index is -0.882. The average Bonchev–Trinajstić information content (AvgIpc) is 2.59. The van der Waals surface area contributed by atoms with Crippen LogP contribution in [0, 0.1) is 0 Å². The summed E-state index contributed by atoms with van der Waals surface area (Å²) >= 11 is 0. The number of aromatic amines is 1. The zero-order chi connectivity index (χ0) is 10.8. The number of nitrogens with one attached hydrogen (secondary N) is 1. The fourth-order valence-corrected chi connectivity index (χ4v) is 1.70. The predicted octanol–water partition coefficient (Wildman–Crippen LogP) is 1.64. The van der Waals surface area contributed by atoms with Gasteiger partial charge in [-0.1, -0.05) is 18.2 Å². The lowest BCUT2D eigenvalue weighted by atomic mass is 10.0. The van der Waals surface area contributed by atoms with E-state index in [9.17, 15) is 4.79 Å². The number of carboxylic acids is 1. The van der Waals surface area contributed by atoms with Gasteiger partial charge in [-0.05, 0) is 11.6 Å². The zero-order valence-corrected chi connectivity index (χ0v) is 8.10. The minimum Gasteiger partial charge on any atom is -0.481 e. The van der Waals surface area contributed by atoms with Crippen molar-refractivity contribution in [2.75, 3.05) is 0 Å². The third kappa shape index (κ3) is 1.85. The van der Waals surface area contributed by atoms with Crippen molar-refractivity contribution in [3.8, 4) is 0 Å². The zero-order valence-electron chi connectivity index (χ0n) is 8.10. The molecule has 1 heterocycles. The molecule has 0 aliphatic heterocycles. The Balaban J connectivity index is 2.39. The van der Waals surface area contributed by atoms with Crippen LogP contribution in [0.1, 0.15) is 18.0 Å². The van der Waals surface area contributed by atoms with E-state index in [2.05, 4.69) is 4.98 Å². The summed E-state index contributed by atoms with van der Waals surface area (Å²) in [5.41, 5.74) is 7.64. The molecule has 0 aliphatic rings. The van der Waals surface area contributed by atoms with Crippen molar-refractivity contribution >= 4 is 16.9 Å². The van der Waals surface area contributed by atoms with Crippen LogP contribution in [-0.2, 0) is 4.79 Å². The fraction of sp³-hybridized carbons (Fsp3) is 0.182. The van der Waals surface area contributed by atoms with Crippen LogP contribution < -0.4 is 5.73 Å². The second-order valence-electron chi connectivity index (χ2n) is 3.49. The molecule has 1 atom stereocenters. The molecule has 0 radical (unpaired) electrons. The monoisotopic (exact) mass is 204 g/mol. The molecule has 0 bridgehead atoms. The molecule has 0 saturated carbocycles. The molecule has 4 nitrogen and oxygen atoms in total. The lowest BCUT2D eigenvalue weighted by Crippen LogP contribution is -2.14. The maximum absolute atomic E-state index is 10.6. The summed E-state index contributed by atoms with van der Waals surface area (Å²) in [6, 6.07) is 7.24. The Morgan fingerprint density at radius 3 is 2.93 bits per heavy atom. The molecule has 0 saturated heterocycles. The van der Waals surface area contributed by atoms with Gasteiger partial charge in [-0.3, -0.25) is 4.79 Å². The van der Waals surface area contributed by atoms with Gasteiger partial charge in [0.1, 0.15) is 0 Å². The minimum absolute atomic E-state index is 0.0537. The van der Waals surface area contributed by atoms with Crippen molar-refractivity contribution in [1.82, 2.24) is 4.98 Å². The molecule has 1 aromatic carbocycles. The standard InChI is InChI=1S/C11H12N2O2/c12-9(5-11(14)15)8-6-13-10-4-2-1-3-7(8)10/h1-4,6,9,13H,5,12H2,(H,14,15). The average molecular weight is 204 g/mol. The van der Waals surface area contributed by atoms with E-state index in [0.29, 0.717) is 0 Å². The first-order valence-electron chi connectivity index (χ1n) is 4.72. The number of benzene rings is 1. The van der Waals surface area contributed by atoms with Crippen LogP contribution in [0.2, 0.25) is 0 Å². The quantitative estimate of drug-likeness (QED) is 0.711. The van der Waals surface area contributed by atoms with Gasteiger partial charge in [-0.25, -0.2) is 0 Å². The molecule has 4 heteroatoms. The number of hydrogen-bond donors (Lipinski definition) is 3. The maximum atomic E-state index is 10.6. The number of hydrogen-bond acceptors (Lipinski definition) is 2. The van der Waals surface area contributed by atoms with Crippen molar-refractivity contribution in [3.05, 3.63) is 36.0 Å².